The Labute approximate surface area is 199 Å². The SMILES string of the molecule is CCOc1cc(/C=C2/N=C(c3ccc(OC(C)C)cc3)OC2=O)ccc1OC(C)C(=O)N(C)C. The second-order valence-electron chi connectivity index (χ2n) is 8.16. The van der Waals surface area contributed by atoms with E-state index in [2.05, 4.69) is 4.99 Å². The average molecular weight is 467 g/mol. The summed E-state index contributed by atoms with van der Waals surface area (Å²) >= 11 is 0. The van der Waals surface area contributed by atoms with Crippen molar-refractivity contribution >= 4 is 23.9 Å². The van der Waals surface area contributed by atoms with Gasteiger partial charge in [-0.25, -0.2) is 9.79 Å². The minimum Gasteiger partial charge on any atom is -0.491 e. The molecular weight excluding hydrogens is 436 g/mol. The summed E-state index contributed by atoms with van der Waals surface area (Å²) < 4.78 is 22.5. The van der Waals surface area contributed by atoms with E-state index in [1.54, 1.807) is 57.4 Å². The average Bonchev–Trinajstić information content (AvgIpc) is 3.15. The Morgan fingerprint density at radius 3 is 2.38 bits per heavy atom. The van der Waals surface area contributed by atoms with Crippen molar-refractivity contribution in [3.63, 3.8) is 0 Å². The van der Waals surface area contributed by atoms with Gasteiger partial charge in [0, 0.05) is 19.7 Å². The van der Waals surface area contributed by atoms with Crippen molar-refractivity contribution in [3.8, 4) is 17.2 Å². The number of amides is 1. The lowest BCUT2D eigenvalue weighted by Gasteiger charge is -2.20. The predicted octanol–water partition coefficient (Wildman–Crippen LogP) is 4.07. The van der Waals surface area contributed by atoms with Crippen LogP contribution in [0.1, 0.15) is 38.8 Å². The third kappa shape index (κ3) is 6.15. The maximum absolute atomic E-state index is 12.4. The summed E-state index contributed by atoms with van der Waals surface area (Å²) in [6.45, 7) is 7.85. The van der Waals surface area contributed by atoms with Gasteiger partial charge in [0.05, 0.1) is 12.7 Å². The number of cyclic esters (lactones) is 1. The van der Waals surface area contributed by atoms with E-state index >= 15 is 0 Å². The topological polar surface area (TPSA) is 86.7 Å². The Hall–Kier alpha value is -3.81. The molecule has 2 aromatic carbocycles. The van der Waals surface area contributed by atoms with Crippen LogP contribution in [0.5, 0.6) is 17.2 Å². The highest BCUT2D eigenvalue weighted by atomic mass is 16.6. The van der Waals surface area contributed by atoms with Crippen LogP contribution in [0.2, 0.25) is 0 Å². The van der Waals surface area contributed by atoms with E-state index in [1.807, 2.05) is 32.9 Å². The highest BCUT2D eigenvalue weighted by Gasteiger charge is 2.25. The zero-order valence-corrected chi connectivity index (χ0v) is 20.3. The van der Waals surface area contributed by atoms with Gasteiger partial charge in [-0.05, 0) is 75.7 Å². The number of rotatable bonds is 9. The van der Waals surface area contributed by atoms with Gasteiger partial charge in [0.2, 0.25) is 5.90 Å². The summed E-state index contributed by atoms with van der Waals surface area (Å²) in [5.41, 5.74) is 1.52. The summed E-state index contributed by atoms with van der Waals surface area (Å²) in [6, 6.07) is 12.4. The molecule has 0 bridgehead atoms. The molecule has 0 radical (unpaired) electrons. The molecule has 1 amide bonds. The number of likely N-dealkylation sites (N-methyl/N-ethyl adjacent to an activating group) is 1. The van der Waals surface area contributed by atoms with Gasteiger partial charge in [-0.2, -0.15) is 0 Å². The van der Waals surface area contributed by atoms with Crippen LogP contribution < -0.4 is 14.2 Å². The molecule has 1 atom stereocenters. The lowest BCUT2D eigenvalue weighted by Crippen LogP contribution is -2.35. The molecule has 1 aliphatic heterocycles. The molecule has 0 N–H and O–H groups in total. The Morgan fingerprint density at radius 2 is 1.76 bits per heavy atom. The standard InChI is InChI=1S/C26H30N2O6/c1-7-31-23-15-18(8-13-22(23)33-17(4)25(29)28(5)6)14-21-26(30)34-24(27-21)19-9-11-20(12-10-19)32-16(2)3/h8-17H,7H2,1-6H3/b21-14+. The molecule has 1 aliphatic rings. The molecule has 3 rings (SSSR count). The summed E-state index contributed by atoms with van der Waals surface area (Å²) in [5, 5.41) is 0. The van der Waals surface area contributed by atoms with Crippen LogP contribution in [-0.2, 0) is 14.3 Å². The maximum Gasteiger partial charge on any atom is 0.363 e. The molecule has 0 saturated heterocycles. The molecule has 0 saturated carbocycles. The zero-order chi connectivity index (χ0) is 24.8. The summed E-state index contributed by atoms with van der Waals surface area (Å²) in [6.07, 6.45) is 1.01. The highest BCUT2D eigenvalue weighted by Crippen LogP contribution is 2.31. The molecule has 1 unspecified atom stereocenters. The van der Waals surface area contributed by atoms with Crippen molar-refractivity contribution < 1.29 is 28.5 Å². The molecule has 0 fully saturated rings. The van der Waals surface area contributed by atoms with Gasteiger partial charge in [-0.3, -0.25) is 4.79 Å². The van der Waals surface area contributed by atoms with Gasteiger partial charge < -0.3 is 23.8 Å². The summed E-state index contributed by atoms with van der Waals surface area (Å²) in [7, 11) is 3.34. The van der Waals surface area contributed by atoms with E-state index in [0.29, 0.717) is 29.2 Å². The van der Waals surface area contributed by atoms with Gasteiger partial charge in [-0.15, -0.1) is 0 Å². The quantitative estimate of drug-likeness (QED) is 0.409. The normalized spacial score (nSPS) is 15.1. The van der Waals surface area contributed by atoms with E-state index < -0.39 is 12.1 Å². The van der Waals surface area contributed by atoms with E-state index in [-0.39, 0.29) is 23.6 Å². The van der Waals surface area contributed by atoms with Gasteiger partial charge >= 0.3 is 5.97 Å². The first-order valence-corrected chi connectivity index (χ1v) is 11.1. The second-order valence-corrected chi connectivity index (χ2v) is 8.16. The van der Waals surface area contributed by atoms with E-state index in [1.165, 1.54) is 4.90 Å². The molecule has 8 nitrogen and oxygen atoms in total. The van der Waals surface area contributed by atoms with E-state index in [0.717, 1.165) is 5.75 Å². The van der Waals surface area contributed by atoms with Gasteiger partial charge in [0.15, 0.2) is 23.3 Å². The van der Waals surface area contributed by atoms with Crippen LogP contribution in [0.25, 0.3) is 6.08 Å². The fourth-order valence-corrected chi connectivity index (χ4v) is 3.22. The first-order valence-electron chi connectivity index (χ1n) is 11.1. The molecule has 1 heterocycles. The van der Waals surface area contributed by atoms with Gasteiger partial charge in [0.1, 0.15) is 5.75 Å². The Bertz CT molecular complexity index is 1100. The number of aliphatic imine (C=N–C) groups is 1. The number of esters is 1. The first-order chi connectivity index (χ1) is 16.2. The molecule has 8 heteroatoms. The monoisotopic (exact) mass is 466 g/mol. The highest BCUT2D eigenvalue weighted by molar-refractivity contribution is 6.12. The van der Waals surface area contributed by atoms with Crippen LogP contribution in [0.15, 0.2) is 53.2 Å². The second kappa shape index (κ2) is 10.9. The van der Waals surface area contributed by atoms with Crippen LogP contribution in [0, 0.1) is 0 Å². The van der Waals surface area contributed by atoms with Gasteiger partial charge in [-0.1, -0.05) is 6.07 Å². The maximum atomic E-state index is 12.4. The third-order valence-corrected chi connectivity index (χ3v) is 4.76. The minimum atomic E-state index is -0.673. The molecule has 34 heavy (non-hydrogen) atoms. The van der Waals surface area contributed by atoms with Crippen molar-refractivity contribution in [3.05, 3.63) is 59.3 Å². The fourth-order valence-electron chi connectivity index (χ4n) is 3.22. The Morgan fingerprint density at radius 1 is 1.06 bits per heavy atom. The predicted molar refractivity (Wildman–Crippen MR) is 129 cm³/mol. The lowest BCUT2D eigenvalue weighted by molar-refractivity contribution is -0.135. The number of carbonyl (C=O) groups is 2. The van der Waals surface area contributed by atoms with Crippen molar-refractivity contribution in [1.82, 2.24) is 4.90 Å². The van der Waals surface area contributed by atoms with Crippen LogP contribution in [-0.4, -0.2) is 55.6 Å². The van der Waals surface area contributed by atoms with E-state index in [9.17, 15) is 9.59 Å². The number of hydrogen-bond donors (Lipinski definition) is 0. The number of nitrogens with zero attached hydrogens (tertiary/aromatic N) is 2. The number of benzene rings is 2. The van der Waals surface area contributed by atoms with Crippen molar-refractivity contribution in [2.45, 2.75) is 39.9 Å². The number of carbonyl (C=O) groups excluding carboxylic acids is 2. The number of ether oxygens (including phenoxy) is 4. The fraction of sp³-hybridized carbons (Fsp3) is 0.346. The Kier molecular flexibility index (Phi) is 7.94. The van der Waals surface area contributed by atoms with Crippen LogP contribution >= 0.6 is 0 Å². The number of hydrogen-bond acceptors (Lipinski definition) is 7. The first kappa shape index (κ1) is 24.8. The molecular formula is C26H30N2O6. The minimum absolute atomic E-state index is 0.0667. The molecule has 0 aliphatic carbocycles. The molecule has 180 valence electrons. The van der Waals surface area contributed by atoms with Crippen molar-refractivity contribution in [2.24, 2.45) is 4.99 Å². The smallest absolute Gasteiger partial charge is 0.363 e. The van der Waals surface area contributed by atoms with E-state index in [4.69, 9.17) is 18.9 Å². The van der Waals surface area contributed by atoms with Crippen LogP contribution in [0.3, 0.4) is 0 Å². The molecule has 0 spiro atoms. The van der Waals surface area contributed by atoms with Crippen LogP contribution in [0.4, 0.5) is 0 Å². The van der Waals surface area contributed by atoms with Gasteiger partial charge in [0.25, 0.3) is 5.91 Å². The third-order valence-electron chi connectivity index (χ3n) is 4.76. The summed E-state index contributed by atoms with van der Waals surface area (Å²) in [4.78, 5) is 30.4. The largest absolute Gasteiger partial charge is 0.491 e. The van der Waals surface area contributed by atoms with Crippen molar-refractivity contribution in [1.29, 1.82) is 0 Å². The Balaban J connectivity index is 1.82. The molecule has 2 aromatic rings. The van der Waals surface area contributed by atoms with Crippen molar-refractivity contribution in [2.75, 3.05) is 20.7 Å². The zero-order valence-electron chi connectivity index (χ0n) is 20.3. The summed E-state index contributed by atoms with van der Waals surface area (Å²) in [5.74, 6) is 1.16. The lowest BCUT2D eigenvalue weighted by atomic mass is 10.1. The molecule has 0 aromatic heterocycles.